The molecule has 1 N–H and O–H groups in total. The quantitative estimate of drug-likeness (QED) is 0.262. The molecule has 1 aliphatic heterocycles. The van der Waals surface area contributed by atoms with Crippen LogP contribution in [0.2, 0.25) is 0 Å². The van der Waals surface area contributed by atoms with E-state index < -0.39 is 0 Å². The zero-order valence-electron chi connectivity index (χ0n) is 24.0. The van der Waals surface area contributed by atoms with Crippen molar-refractivity contribution in [1.29, 1.82) is 0 Å². The molecule has 0 aliphatic carbocycles. The van der Waals surface area contributed by atoms with E-state index in [4.69, 9.17) is 9.47 Å². The maximum absolute atomic E-state index is 13.3. The number of hydrogen-bond donors (Lipinski definition) is 1. The van der Waals surface area contributed by atoms with Crippen LogP contribution >= 0.6 is 0 Å². The molecule has 4 atom stereocenters. The summed E-state index contributed by atoms with van der Waals surface area (Å²) in [6.45, 7) is 10.0. The van der Waals surface area contributed by atoms with Gasteiger partial charge in [-0.15, -0.1) is 0 Å². The summed E-state index contributed by atoms with van der Waals surface area (Å²) in [4.78, 5) is 13.3. The molecule has 0 spiro atoms. The molecule has 0 radical (unpaired) electrons. The van der Waals surface area contributed by atoms with Gasteiger partial charge in [0.1, 0.15) is 5.75 Å². The molecule has 1 saturated heterocycles. The Kier molecular flexibility index (Phi) is 10.6. The maximum atomic E-state index is 13.3. The van der Waals surface area contributed by atoms with Crippen LogP contribution in [0.5, 0.6) is 5.75 Å². The second-order valence-corrected chi connectivity index (χ2v) is 11.5. The van der Waals surface area contributed by atoms with Gasteiger partial charge >= 0.3 is 0 Å². The molecule has 1 aliphatic rings. The Labute approximate surface area is 235 Å². The van der Waals surface area contributed by atoms with Gasteiger partial charge in [0.15, 0.2) is 0 Å². The highest BCUT2D eigenvalue weighted by molar-refractivity contribution is 5.77. The van der Waals surface area contributed by atoms with Crippen molar-refractivity contribution in [2.24, 2.45) is 11.8 Å². The van der Waals surface area contributed by atoms with Crippen LogP contribution in [0, 0.1) is 11.8 Å². The first-order valence-corrected chi connectivity index (χ1v) is 14.7. The SMILES string of the molecule is CC(C)Oc1ccc([C@H](CC(=O)NCC[C@H](c2ccccc2)[C@@H]2CCO[C@@H](C(C)C)C2)c2ccccc2)cc1. The van der Waals surface area contributed by atoms with Crippen LogP contribution in [0.3, 0.4) is 0 Å². The van der Waals surface area contributed by atoms with Crippen molar-refractivity contribution in [3.63, 3.8) is 0 Å². The molecule has 3 aromatic rings. The fraction of sp³-hybridized carbons (Fsp3) is 0.457. The first-order chi connectivity index (χ1) is 18.9. The van der Waals surface area contributed by atoms with Gasteiger partial charge in [-0.3, -0.25) is 4.79 Å². The lowest BCUT2D eigenvalue weighted by molar-refractivity contribution is -0.121. The molecular formula is C35H45NO3. The molecule has 0 aromatic heterocycles. The predicted octanol–water partition coefficient (Wildman–Crippen LogP) is 7.74. The summed E-state index contributed by atoms with van der Waals surface area (Å²) in [5, 5.41) is 3.27. The molecule has 1 amide bonds. The summed E-state index contributed by atoms with van der Waals surface area (Å²) in [5.74, 6) is 2.43. The van der Waals surface area contributed by atoms with Crippen molar-refractivity contribution in [3.8, 4) is 5.75 Å². The van der Waals surface area contributed by atoms with Crippen LogP contribution in [-0.4, -0.2) is 31.3 Å². The number of rotatable bonds is 12. The summed E-state index contributed by atoms with van der Waals surface area (Å²) < 4.78 is 11.9. The Morgan fingerprint density at radius 2 is 1.49 bits per heavy atom. The van der Waals surface area contributed by atoms with E-state index in [9.17, 15) is 4.79 Å². The van der Waals surface area contributed by atoms with Crippen LogP contribution < -0.4 is 10.1 Å². The third kappa shape index (κ3) is 8.44. The summed E-state index contributed by atoms with van der Waals surface area (Å²) in [7, 11) is 0. The minimum Gasteiger partial charge on any atom is -0.491 e. The molecule has 4 rings (SSSR count). The number of nitrogens with one attached hydrogen (secondary N) is 1. The minimum atomic E-state index is -0.00786. The molecular weight excluding hydrogens is 482 g/mol. The van der Waals surface area contributed by atoms with Crippen molar-refractivity contribution < 1.29 is 14.3 Å². The summed E-state index contributed by atoms with van der Waals surface area (Å²) in [6, 6.07) is 29.3. The van der Waals surface area contributed by atoms with Crippen LogP contribution in [0.4, 0.5) is 0 Å². The van der Waals surface area contributed by atoms with E-state index in [1.54, 1.807) is 0 Å². The third-order valence-corrected chi connectivity index (χ3v) is 7.92. The number of benzene rings is 3. The Hall–Kier alpha value is -3.11. The van der Waals surface area contributed by atoms with Crippen LogP contribution in [-0.2, 0) is 9.53 Å². The van der Waals surface area contributed by atoms with Gasteiger partial charge in [0.2, 0.25) is 5.91 Å². The highest BCUT2D eigenvalue weighted by atomic mass is 16.5. The third-order valence-electron chi connectivity index (χ3n) is 7.92. The smallest absolute Gasteiger partial charge is 0.220 e. The summed E-state index contributed by atoms with van der Waals surface area (Å²) in [5.41, 5.74) is 3.64. The zero-order chi connectivity index (χ0) is 27.6. The lowest BCUT2D eigenvalue weighted by atomic mass is 9.76. The number of ether oxygens (including phenoxy) is 2. The van der Waals surface area contributed by atoms with E-state index in [1.165, 1.54) is 5.56 Å². The van der Waals surface area contributed by atoms with Crippen LogP contribution in [0.1, 0.15) is 81.9 Å². The van der Waals surface area contributed by atoms with E-state index in [2.05, 4.69) is 73.8 Å². The molecule has 208 valence electrons. The Balaban J connectivity index is 1.42. The average Bonchev–Trinajstić information content (AvgIpc) is 2.95. The molecule has 0 saturated carbocycles. The molecule has 4 heteroatoms. The lowest BCUT2D eigenvalue weighted by Crippen LogP contribution is -2.34. The summed E-state index contributed by atoms with van der Waals surface area (Å²) in [6.07, 6.45) is 3.94. The van der Waals surface area contributed by atoms with Gasteiger partial charge in [0.25, 0.3) is 0 Å². The van der Waals surface area contributed by atoms with Gasteiger partial charge in [0, 0.05) is 25.5 Å². The van der Waals surface area contributed by atoms with Crippen molar-refractivity contribution in [2.45, 2.75) is 77.4 Å². The zero-order valence-corrected chi connectivity index (χ0v) is 24.0. The molecule has 39 heavy (non-hydrogen) atoms. The standard InChI is InChI=1S/C35H45NO3/c1-25(2)34-23-30(20-22-38-34)32(27-11-7-5-8-12-27)19-21-36-35(37)24-33(28-13-9-6-10-14-28)29-15-17-31(18-16-29)39-26(3)4/h5-18,25-26,30,32-34H,19-24H2,1-4H3,(H,36,37)/t30-,32-,33-,34-/m1/s1. The van der Waals surface area contributed by atoms with E-state index in [0.29, 0.717) is 36.8 Å². The molecule has 0 bridgehead atoms. The van der Waals surface area contributed by atoms with Crippen molar-refractivity contribution in [1.82, 2.24) is 5.32 Å². The van der Waals surface area contributed by atoms with Crippen molar-refractivity contribution in [3.05, 3.63) is 102 Å². The molecule has 3 aromatic carbocycles. The second-order valence-electron chi connectivity index (χ2n) is 11.5. The van der Waals surface area contributed by atoms with E-state index >= 15 is 0 Å². The fourth-order valence-electron chi connectivity index (χ4n) is 5.85. The van der Waals surface area contributed by atoms with Gasteiger partial charge in [-0.1, -0.05) is 86.6 Å². The van der Waals surface area contributed by atoms with Gasteiger partial charge in [-0.05, 0) is 79.7 Å². The minimum absolute atomic E-state index is 0.00786. The first kappa shape index (κ1) is 28.9. The van der Waals surface area contributed by atoms with Crippen LogP contribution in [0.15, 0.2) is 84.9 Å². The fourth-order valence-corrected chi connectivity index (χ4v) is 5.85. The maximum Gasteiger partial charge on any atom is 0.220 e. The molecule has 0 unspecified atom stereocenters. The van der Waals surface area contributed by atoms with Crippen molar-refractivity contribution >= 4 is 5.91 Å². The first-order valence-electron chi connectivity index (χ1n) is 14.7. The average molecular weight is 528 g/mol. The van der Waals surface area contributed by atoms with Gasteiger partial charge < -0.3 is 14.8 Å². The van der Waals surface area contributed by atoms with Crippen LogP contribution in [0.25, 0.3) is 0 Å². The predicted molar refractivity (Wildman–Crippen MR) is 159 cm³/mol. The van der Waals surface area contributed by atoms with E-state index in [1.807, 2.05) is 44.2 Å². The Bertz CT molecular complexity index is 1130. The molecule has 1 fully saturated rings. The number of amides is 1. The van der Waals surface area contributed by atoms with Crippen molar-refractivity contribution in [2.75, 3.05) is 13.2 Å². The largest absolute Gasteiger partial charge is 0.491 e. The van der Waals surface area contributed by atoms with Gasteiger partial charge in [-0.25, -0.2) is 0 Å². The van der Waals surface area contributed by atoms with E-state index in [0.717, 1.165) is 42.7 Å². The molecule has 4 nitrogen and oxygen atoms in total. The van der Waals surface area contributed by atoms with Gasteiger partial charge in [-0.2, -0.15) is 0 Å². The normalized spacial score (nSPS) is 19.0. The number of hydrogen-bond acceptors (Lipinski definition) is 3. The summed E-state index contributed by atoms with van der Waals surface area (Å²) >= 11 is 0. The molecule has 1 heterocycles. The topological polar surface area (TPSA) is 47.6 Å². The van der Waals surface area contributed by atoms with E-state index in [-0.39, 0.29) is 17.9 Å². The number of carbonyl (C=O) groups excluding carboxylic acids is 1. The highest BCUT2D eigenvalue weighted by Gasteiger charge is 2.31. The Morgan fingerprint density at radius 3 is 2.10 bits per heavy atom. The van der Waals surface area contributed by atoms with Gasteiger partial charge in [0.05, 0.1) is 12.2 Å². The lowest BCUT2D eigenvalue weighted by Gasteiger charge is -2.37. The Morgan fingerprint density at radius 1 is 0.872 bits per heavy atom. The highest BCUT2D eigenvalue weighted by Crippen LogP contribution is 2.38. The monoisotopic (exact) mass is 527 g/mol. The number of carbonyl (C=O) groups is 1. The second kappa shape index (κ2) is 14.3.